The topological polar surface area (TPSA) is 55.5 Å². The van der Waals surface area contributed by atoms with Gasteiger partial charge < -0.3 is 15.6 Å². The van der Waals surface area contributed by atoms with Crippen LogP contribution in [0.25, 0.3) is 0 Å². The van der Waals surface area contributed by atoms with Gasteiger partial charge >= 0.3 is 0 Å². The number of aliphatic hydroxyl groups is 1. The van der Waals surface area contributed by atoms with Crippen LogP contribution in [-0.4, -0.2) is 23.9 Å². The Labute approximate surface area is 89.9 Å². The van der Waals surface area contributed by atoms with E-state index in [0.29, 0.717) is 13.0 Å². The average Bonchev–Trinajstić information content (AvgIpc) is 2.63. The summed E-state index contributed by atoms with van der Waals surface area (Å²) in [7, 11) is 0. The summed E-state index contributed by atoms with van der Waals surface area (Å²) in [5.74, 6) is 0. The van der Waals surface area contributed by atoms with Crippen molar-refractivity contribution in [2.24, 2.45) is 5.73 Å². The van der Waals surface area contributed by atoms with Crippen LogP contribution in [0.4, 0.5) is 0 Å². The van der Waals surface area contributed by atoms with Crippen molar-refractivity contribution in [3.8, 4) is 0 Å². The van der Waals surface area contributed by atoms with Gasteiger partial charge in [0.2, 0.25) is 0 Å². The van der Waals surface area contributed by atoms with Crippen LogP contribution in [0.3, 0.4) is 0 Å². The molecule has 0 saturated carbocycles. The van der Waals surface area contributed by atoms with Gasteiger partial charge in [0.05, 0.1) is 24.9 Å². The molecule has 0 bridgehead atoms. The highest BCUT2D eigenvalue weighted by molar-refractivity contribution is 5.24. The SMILES string of the molecule is Cc1ccc(C2CC(N)(CO)CO2)cc1. The molecular formula is C12H17NO2. The van der Waals surface area contributed by atoms with Gasteiger partial charge in [-0.1, -0.05) is 29.8 Å². The molecule has 1 saturated heterocycles. The van der Waals surface area contributed by atoms with Gasteiger partial charge in [-0.3, -0.25) is 0 Å². The Hall–Kier alpha value is -0.900. The fourth-order valence-electron chi connectivity index (χ4n) is 1.86. The lowest BCUT2D eigenvalue weighted by atomic mass is 9.95. The molecule has 82 valence electrons. The first-order valence-corrected chi connectivity index (χ1v) is 5.21. The monoisotopic (exact) mass is 207 g/mol. The average molecular weight is 207 g/mol. The maximum absolute atomic E-state index is 9.13. The molecule has 2 atom stereocenters. The van der Waals surface area contributed by atoms with Gasteiger partial charge in [-0.15, -0.1) is 0 Å². The first-order chi connectivity index (χ1) is 7.13. The van der Waals surface area contributed by atoms with Crippen molar-refractivity contribution in [1.29, 1.82) is 0 Å². The number of aliphatic hydroxyl groups excluding tert-OH is 1. The van der Waals surface area contributed by atoms with Gasteiger partial charge in [0.1, 0.15) is 0 Å². The number of hydrogen-bond donors (Lipinski definition) is 2. The van der Waals surface area contributed by atoms with Crippen molar-refractivity contribution in [1.82, 2.24) is 0 Å². The summed E-state index contributed by atoms with van der Waals surface area (Å²) in [5, 5.41) is 9.13. The van der Waals surface area contributed by atoms with Crippen molar-refractivity contribution in [3.63, 3.8) is 0 Å². The molecule has 0 radical (unpaired) electrons. The Balaban J connectivity index is 2.11. The van der Waals surface area contributed by atoms with Crippen LogP contribution < -0.4 is 5.73 Å². The van der Waals surface area contributed by atoms with Gasteiger partial charge in [-0.25, -0.2) is 0 Å². The van der Waals surface area contributed by atoms with Crippen LogP contribution in [0.5, 0.6) is 0 Å². The Kier molecular flexibility index (Phi) is 2.78. The summed E-state index contributed by atoms with van der Waals surface area (Å²) in [6, 6.07) is 8.24. The molecule has 1 aliphatic heterocycles. The van der Waals surface area contributed by atoms with Gasteiger partial charge in [-0.2, -0.15) is 0 Å². The Morgan fingerprint density at radius 1 is 1.47 bits per heavy atom. The summed E-state index contributed by atoms with van der Waals surface area (Å²) in [6.45, 7) is 2.47. The molecule has 3 nitrogen and oxygen atoms in total. The lowest BCUT2D eigenvalue weighted by Gasteiger charge is -2.17. The third-order valence-corrected chi connectivity index (χ3v) is 2.93. The summed E-state index contributed by atoms with van der Waals surface area (Å²) in [6.07, 6.45) is 0.717. The molecule has 1 heterocycles. The number of aryl methyl sites for hydroxylation is 1. The molecule has 3 N–H and O–H groups in total. The van der Waals surface area contributed by atoms with Crippen LogP contribution >= 0.6 is 0 Å². The first kappa shape index (κ1) is 10.6. The highest BCUT2D eigenvalue weighted by Gasteiger charge is 2.36. The van der Waals surface area contributed by atoms with Crippen LogP contribution in [0.1, 0.15) is 23.7 Å². The molecule has 1 aromatic carbocycles. The van der Waals surface area contributed by atoms with Crippen LogP contribution in [-0.2, 0) is 4.74 Å². The van der Waals surface area contributed by atoms with E-state index in [1.165, 1.54) is 5.56 Å². The lowest BCUT2D eigenvalue weighted by Crippen LogP contribution is -2.44. The predicted molar refractivity (Wildman–Crippen MR) is 58.5 cm³/mol. The molecule has 3 heteroatoms. The molecule has 1 fully saturated rings. The first-order valence-electron chi connectivity index (χ1n) is 5.21. The molecule has 1 aliphatic rings. The van der Waals surface area contributed by atoms with Crippen molar-refractivity contribution in [2.45, 2.75) is 25.0 Å². The summed E-state index contributed by atoms with van der Waals surface area (Å²) in [4.78, 5) is 0. The minimum Gasteiger partial charge on any atom is -0.394 e. The number of hydrogen-bond acceptors (Lipinski definition) is 3. The second-order valence-electron chi connectivity index (χ2n) is 4.43. The molecule has 2 rings (SSSR count). The second-order valence-corrected chi connectivity index (χ2v) is 4.43. The maximum atomic E-state index is 9.13. The Bertz CT molecular complexity index is 336. The predicted octanol–water partition coefficient (Wildman–Crippen LogP) is 1.15. The number of nitrogens with two attached hydrogens (primary N) is 1. The normalized spacial score (nSPS) is 30.7. The van der Waals surface area contributed by atoms with Gasteiger partial charge in [0.15, 0.2) is 0 Å². The smallest absolute Gasteiger partial charge is 0.0845 e. The van der Waals surface area contributed by atoms with E-state index in [9.17, 15) is 0 Å². The second kappa shape index (κ2) is 3.93. The van der Waals surface area contributed by atoms with E-state index in [0.717, 1.165) is 5.56 Å². The van der Waals surface area contributed by atoms with Crippen molar-refractivity contribution >= 4 is 0 Å². The van der Waals surface area contributed by atoms with E-state index in [1.807, 2.05) is 0 Å². The molecular weight excluding hydrogens is 190 g/mol. The minimum absolute atomic E-state index is 0.0185. The highest BCUT2D eigenvalue weighted by atomic mass is 16.5. The molecule has 0 aromatic heterocycles. The van der Waals surface area contributed by atoms with Gasteiger partial charge in [0, 0.05) is 6.42 Å². The molecule has 15 heavy (non-hydrogen) atoms. The van der Waals surface area contributed by atoms with E-state index < -0.39 is 5.54 Å². The van der Waals surface area contributed by atoms with E-state index in [-0.39, 0.29) is 12.7 Å². The van der Waals surface area contributed by atoms with E-state index in [1.54, 1.807) is 0 Å². The number of rotatable bonds is 2. The summed E-state index contributed by atoms with van der Waals surface area (Å²) >= 11 is 0. The number of benzene rings is 1. The fraction of sp³-hybridized carbons (Fsp3) is 0.500. The van der Waals surface area contributed by atoms with Crippen LogP contribution in [0.15, 0.2) is 24.3 Å². The lowest BCUT2D eigenvalue weighted by molar-refractivity contribution is 0.0960. The van der Waals surface area contributed by atoms with Gasteiger partial charge in [0.25, 0.3) is 0 Å². The van der Waals surface area contributed by atoms with E-state index >= 15 is 0 Å². The van der Waals surface area contributed by atoms with Crippen LogP contribution in [0, 0.1) is 6.92 Å². The molecule has 0 spiro atoms. The zero-order valence-corrected chi connectivity index (χ0v) is 8.94. The van der Waals surface area contributed by atoms with E-state index in [2.05, 4.69) is 31.2 Å². The molecule has 2 unspecified atom stereocenters. The number of ether oxygens (including phenoxy) is 1. The van der Waals surface area contributed by atoms with Crippen molar-refractivity contribution in [2.75, 3.05) is 13.2 Å². The standard InChI is InChI=1S/C12H17NO2/c1-9-2-4-10(5-3-9)11-6-12(13,7-14)8-15-11/h2-5,11,14H,6-8,13H2,1H3. The quantitative estimate of drug-likeness (QED) is 0.764. The third-order valence-electron chi connectivity index (χ3n) is 2.93. The van der Waals surface area contributed by atoms with E-state index in [4.69, 9.17) is 15.6 Å². The summed E-state index contributed by atoms with van der Waals surface area (Å²) in [5.41, 5.74) is 7.76. The van der Waals surface area contributed by atoms with Gasteiger partial charge in [-0.05, 0) is 12.5 Å². The molecule has 1 aromatic rings. The zero-order valence-electron chi connectivity index (χ0n) is 8.94. The Morgan fingerprint density at radius 3 is 2.67 bits per heavy atom. The molecule has 0 aliphatic carbocycles. The van der Waals surface area contributed by atoms with Crippen molar-refractivity contribution in [3.05, 3.63) is 35.4 Å². The van der Waals surface area contributed by atoms with Crippen LogP contribution in [0.2, 0.25) is 0 Å². The highest BCUT2D eigenvalue weighted by Crippen LogP contribution is 2.33. The van der Waals surface area contributed by atoms with Crippen molar-refractivity contribution < 1.29 is 9.84 Å². The minimum atomic E-state index is -0.560. The fourth-order valence-corrected chi connectivity index (χ4v) is 1.86. The summed E-state index contributed by atoms with van der Waals surface area (Å²) < 4.78 is 5.60. The molecule has 0 amide bonds. The Morgan fingerprint density at radius 2 is 2.13 bits per heavy atom. The largest absolute Gasteiger partial charge is 0.394 e. The zero-order chi connectivity index (χ0) is 10.9. The third kappa shape index (κ3) is 2.20. The maximum Gasteiger partial charge on any atom is 0.0845 e.